The van der Waals surface area contributed by atoms with E-state index in [0.717, 1.165) is 5.69 Å². The molecule has 0 unspecified atom stereocenters. The number of aromatic nitrogens is 2. The molecule has 2 aromatic rings. The number of hydrogen-bond acceptors (Lipinski definition) is 3. The average molecular weight is 259 g/mol. The van der Waals surface area contributed by atoms with Gasteiger partial charge < -0.3 is 10.4 Å². The van der Waals surface area contributed by atoms with E-state index >= 15 is 0 Å². The molecule has 2 rings (SSSR count). The first-order valence-corrected chi connectivity index (χ1v) is 6.06. The van der Waals surface area contributed by atoms with E-state index < -0.39 is 0 Å². The SMILES string of the molecule is Cc1nn(C)c(C)c1C(=O)NCc1ccccc1O. The number of carbonyl (C=O) groups excluding carboxylic acids is 1. The van der Waals surface area contributed by atoms with E-state index in [2.05, 4.69) is 10.4 Å². The quantitative estimate of drug-likeness (QED) is 0.881. The van der Waals surface area contributed by atoms with E-state index in [1.165, 1.54) is 0 Å². The van der Waals surface area contributed by atoms with Gasteiger partial charge in [0, 0.05) is 24.8 Å². The van der Waals surface area contributed by atoms with Gasteiger partial charge in [0.15, 0.2) is 0 Å². The molecule has 0 spiro atoms. The fourth-order valence-electron chi connectivity index (χ4n) is 2.03. The van der Waals surface area contributed by atoms with Crippen LogP contribution in [0.25, 0.3) is 0 Å². The summed E-state index contributed by atoms with van der Waals surface area (Å²) in [6.07, 6.45) is 0. The van der Waals surface area contributed by atoms with E-state index in [-0.39, 0.29) is 11.7 Å². The minimum absolute atomic E-state index is 0.175. The maximum Gasteiger partial charge on any atom is 0.255 e. The minimum Gasteiger partial charge on any atom is -0.508 e. The molecule has 0 aliphatic heterocycles. The summed E-state index contributed by atoms with van der Waals surface area (Å²) in [6.45, 7) is 3.95. The number of carbonyl (C=O) groups is 1. The topological polar surface area (TPSA) is 67.2 Å². The molecule has 100 valence electrons. The van der Waals surface area contributed by atoms with Gasteiger partial charge in [-0.15, -0.1) is 0 Å². The van der Waals surface area contributed by atoms with Crippen molar-refractivity contribution in [1.82, 2.24) is 15.1 Å². The highest BCUT2D eigenvalue weighted by Gasteiger charge is 2.17. The lowest BCUT2D eigenvalue weighted by Crippen LogP contribution is -2.24. The van der Waals surface area contributed by atoms with Gasteiger partial charge in [-0.2, -0.15) is 5.10 Å². The fraction of sp³-hybridized carbons (Fsp3) is 0.286. The lowest BCUT2D eigenvalue weighted by atomic mass is 10.1. The zero-order valence-corrected chi connectivity index (χ0v) is 11.3. The third kappa shape index (κ3) is 2.59. The first-order valence-electron chi connectivity index (χ1n) is 6.06. The van der Waals surface area contributed by atoms with E-state index in [4.69, 9.17) is 0 Å². The Morgan fingerprint density at radius 3 is 2.63 bits per heavy atom. The van der Waals surface area contributed by atoms with Gasteiger partial charge in [0.05, 0.1) is 11.3 Å². The summed E-state index contributed by atoms with van der Waals surface area (Å²) in [5.41, 5.74) is 2.81. The van der Waals surface area contributed by atoms with Crippen molar-refractivity contribution in [2.75, 3.05) is 0 Å². The summed E-state index contributed by atoms with van der Waals surface area (Å²) >= 11 is 0. The monoisotopic (exact) mass is 259 g/mol. The Morgan fingerprint density at radius 1 is 1.37 bits per heavy atom. The van der Waals surface area contributed by atoms with E-state index in [1.807, 2.05) is 27.0 Å². The van der Waals surface area contributed by atoms with Crippen LogP contribution < -0.4 is 5.32 Å². The van der Waals surface area contributed by atoms with Crippen LogP contribution in [0, 0.1) is 13.8 Å². The molecular weight excluding hydrogens is 242 g/mol. The van der Waals surface area contributed by atoms with Gasteiger partial charge in [0.1, 0.15) is 5.75 Å². The number of nitrogens with one attached hydrogen (secondary N) is 1. The second-order valence-electron chi connectivity index (χ2n) is 4.48. The van der Waals surface area contributed by atoms with Gasteiger partial charge in [-0.25, -0.2) is 0 Å². The minimum atomic E-state index is -0.175. The third-order valence-corrected chi connectivity index (χ3v) is 3.17. The normalized spacial score (nSPS) is 10.5. The fourth-order valence-corrected chi connectivity index (χ4v) is 2.03. The molecule has 19 heavy (non-hydrogen) atoms. The summed E-state index contributed by atoms with van der Waals surface area (Å²) in [7, 11) is 1.81. The number of phenolic OH excluding ortho intramolecular Hbond substituents is 1. The Labute approximate surface area is 111 Å². The molecule has 0 saturated heterocycles. The third-order valence-electron chi connectivity index (χ3n) is 3.17. The maximum atomic E-state index is 12.1. The molecule has 1 heterocycles. The van der Waals surface area contributed by atoms with Crippen molar-refractivity contribution in [3.8, 4) is 5.75 Å². The zero-order valence-electron chi connectivity index (χ0n) is 11.3. The molecule has 0 aliphatic rings. The Balaban J connectivity index is 2.12. The van der Waals surface area contributed by atoms with E-state index in [0.29, 0.717) is 23.4 Å². The van der Waals surface area contributed by atoms with Crippen molar-refractivity contribution >= 4 is 5.91 Å². The van der Waals surface area contributed by atoms with Crippen molar-refractivity contribution in [2.24, 2.45) is 7.05 Å². The van der Waals surface area contributed by atoms with Crippen molar-refractivity contribution in [3.63, 3.8) is 0 Å². The maximum absolute atomic E-state index is 12.1. The highest BCUT2D eigenvalue weighted by atomic mass is 16.3. The molecule has 0 aliphatic carbocycles. The molecule has 0 atom stereocenters. The molecule has 5 nitrogen and oxygen atoms in total. The van der Waals surface area contributed by atoms with Gasteiger partial charge in [0.25, 0.3) is 5.91 Å². The van der Waals surface area contributed by atoms with Crippen LogP contribution in [0.15, 0.2) is 24.3 Å². The number of hydrogen-bond donors (Lipinski definition) is 2. The van der Waals surface area contributed by atoms with Gasteiger partial charge in [-0.05, 0) is 19.9 Å². The van der Waals surface area contributed by atoms with Crippen molar-refractivity contribution < 1.29 is 9.90 Å². The lowest BCUT2D eigenvalue weighted by molar-refractivity contribution is 0.0949. The summed E-state index contributed by atoms with van der Waals surface area (Å²) in [5, 5.41) is 16.6. The molecular formula is C14H17N3O2. The average Bonchev–Trinajstić information content (AvgIpc) is 2.62. The summed E-state index contributed by atoms with van der Waals surface area (Å²) in [6, 6.07) is 6.94. The smallest absolute Gasteiger partial charge is 0.255 e. The molecule has 0 bridgehead atoms. The number of para-hydroxylation sites is 1. The van der Waals surface area contributed by atoms with Crippen LogP contribution in [0.4, 0.5) is 0 Å². The number of amides is 1. The van der Waals surface area contributed by atoms with Crippen LogP contribution in [0.2, 0.25) is 0 Å². The van der Waals surface area contributed by atoms with Crippen LogP contribution in [0.1, 0.15) is 27.3 Å². The van der Waals surface area contributed by atoms with Gasteiger partial charge in [-0.3, -0.25) is 9.48 Å². The van der Waals surface area contributed by atoms with Crippen molar-refractivity contribution in [2.45, 2.75) is 20.4 Å². The first kappa shape index (κ1) is 13.1. The Kier molecular flexibility index (Phi) is 3.55. The van der Waals surface area contributed by atoms with Gasteiger partial charge >= 0.3 is 0 Å². The molecule has 1 aromatic carbocycles. The summed E-state index contributed by atoms with van der Waals surface area (Å²) < 4.78 is 1.68. The van der Waals surface area contributed by atoms with Crippen LogP contribution in [0.5, 0.6) is 5.75 Å². The van der Waals surface area contributed by atoms with Gasteiger partial charge in [0.2, 0.25) is 0 Å². The number of aromatic hydroxyl groups is 1. The standard InChI is InChI=1S/C14H17N3O2/c1-9-13(10(2)17(3)16-9)14(19)15-8-11-6-4-5-7-12(11)18/h4-7,18H,8H2,1-3H3,(H,15,19). The lowest BCUT2D eigenvalue weighted by Gasteiger charge is -2.07. The molecule has 2 N–H and O–H groups in total. The predicted molar refractivity (Wildman–Crippen MR) is 72.0 cm³/mol. The number of aryl methyl sites for hydroxylation is 2. The van der Waals surface area contributed by atoms with Crippen molar-refractivity contribution in [3.05, 3.63) is 46.8 Å². The zero-order chi connectivity index (χ0) is 14.0. The molecule has 0 saturated carbocycles. The number of phenols is 1. The first-order chi connectivity index (χ1) is 9.00. The summed E-state index contributed by atoms with van der Waals surface area (Å²) in [5.74, 6) is 0.00813. The molecule has 0 radical (unpaired) electrons. The second-order valence-corrected chi connectivity index (χ2v) is 4.48. The molecule has 1 aromatic heterocycles. The molecule has 1 amide bonds. The summed E-state index contributed by atoms with van der Waals surface area (Å²) in [4.78, 5) is 12.1. The van der Waals surface area contributed by atoms with E-state index in [9.17, 15) is 9.90 Å². The van der Waals surface area contributed by atoms with Crippen molar-refractivity contribution in [1.29, 1.82) is 0 Å². The number of nitrogens with zero attached hydrogens (tertiary/aromatic N) is 2. The Hall–Kier alpha value is -2.30. The molecule has 5 heteroatoms. The number of rotatable bonds is 3. The largest absolute Gasteiger partial charge is 0.508 e. The van der Waals surface area contributed by atoms with Gasteiger partial charge in [-0.1, -0.05) is 18.2 Å². The van der Waals surface area contributed by atoms with Crippen LogP contribution >= 0.6 is 0 Å². The Bertz CT molecular complexity index is 617. The van der Waals surface area contributed by atoms with Crippen LogP contribution in [-0.4, -0.2) is 20.8 Å². The second kappa shape index (κ2) is 5.14. The van der Waals surface area contributed by atoms with Crippen LogP contribution in [0.3, 0.4) is 0 Å². The van der Waals surface area contributed by atoms with E-state index in [1.54, 1.807) is 22.9 Å². The van der Waals surface area contributed by atoms with Crippen LogP contribution in [-0.2, 0) is 13.6 Å². The Morgan fingerprint density at radius 2 is 2.05 bits per heavy atom. The predicted octanol–water partition coefficient (Wildman–Crippen LogP) is 1.67. The highest BCUT2D eigenvalue weighted by Crippen LogP contribution is 2.16. The number of benzene rings is 1. The highest BCUT2D eigenvalue weighted by molar-refractivity contribution is 5.96. The molecule has 0 fully saturated rings.